The molecule has 0 aliphatic carbocycles. The zero-order valence-corrected chi connectivity index (χ0v) is 13.7. The van der Waals surface area contributed by atoms with E-state index in [0.29, 0.717) is 17.8 Å². The normalized spacial score (nSPS) is 10.9. The molecule has 0 bridgehead atoms. The number of nitrogens with zero attached hydrogens (tertiary/aromatic N) is 1. The van der Waals surface area contributed by atoms with Crippen molar-refractivity contribution in [1.29, 1.82) is 0 Å². The van der Waals surface area contributed by atoms with E-state index in [1.807, 2.05) is 0 Å². The summed E-state index contributed by atoms with van der Waals surface area (Å²) >= 11 is 0. The number of hydrogen-bond donors (Lipinski definition) is 2. The van der Waals surface area contributed by atoms with Crippen molar-refractivity contribution in [2.24, 2.45) is 0 Å². The standard InChI is InChI=1S/C14H21N3O4S/c1-4-14(19)15-9-10-17(22(3,20)21)13-7-5-12(6-8-13)16-11(2)18/h5-8H,4,9-10H2,1-3H3,(H,15,19)(H,16,18). The lowest BCUT2D eigenvalue weighted by atomic mass is 10.2. The van der Waals surface area contributed by atoms with Crippen LogP contribution in [0.25, 0.3) is 0 Å². The number of sulfonamides is 1. The summed E-state index contributed by atoms with van der Waals surface area (Å²) in [5, 5.41) is 5.25. The molecule has 1 aromatic carbocycles. The number of benzene rings is 1. The second-order valence-corrected chi connectivity index (χ2v) is 6.67. The van der Waals surface area contributed by atoms with Crippen LogP contribution in [0.3, 0.4) is 0 Å². The highest BCUT2D eigenvalue weighted by atomic mass is 32.2. The van der Waals surface area contributed by atoms with E-state index < -0.39 is 10.0 Å². The molecule has 1 aromatic rings. The van der Waals surface area contributed by atoms with Gasteiger partial charge >= 0.3 is 0 Å². The van der Waals surface area contributed by atoms with Gasteiger partial charge in [-0.25, -0.2) is 8.42 Å². The minimum Gasteiger partial charge on any atom is -0.354 e. The molecule has 0 aliphatic rings. The van der Waals surface area contributed by atoms with Crippen molar-refractivity contribution in [2.75, 3.05) is 29.0 Å². The molecule has 0 unspecified atom stereocenters. The summed E-state index contributed by atoms with van der Waals surface area (Å²) in [6.07, 6.45) is 1.46. The van der Waals surface area contributed by atoms with E-state index in [1.54, 1.807) is 31.2 Å². The number of carbonyl (C=O) groups excluding carboxylic acids is 2. The van der Waals surface area contributed by atoms with E-state index in [4.69, 9.17) is 0 Å². The fourth-order valence-corrected chi connectivity index (χ4v) is 2.75. The van der Waals surface area contributed by atoms with Gasteiger partial charge in [0.05, 0.1) is 18.5 Å². The number of nitrogens with one attached hydrogen (secondary N) is 2. The predicted molar refractivity (Wildman–Crippen MR) is 86.2 cm³/mol. The van der Waals surface area contributed by atoms with Gasteiger partial charge < -0.3 is 10.6 Å². The Morgan fingerprint density at radius 1 is 1.18 bits per heavy atom. The largest absolute Gasteiger partial charge is 0.354 e. The van der Waals surface area contributed by atoms with Gasteiger partial charge in [0.15, 0.2) is 0 Å². The van der Waals surface area contributed by atoms with Crippen molar-refractivity contribution in [3.63, 3.8) is 0 Å². The fraction of sp³-hybridized carbons (Fsp3) is 0.429. The summed E-state index contributed by atoms with van der Waals surface area (Å²) in [5.41, 5.74) is 1.06. The average Bonchev–Trinajstić information content (AvgIpc) is 2.42. The minimum atomic E-state index is -3.46. The molecule has 0 saturated carbocycles. The third kappa shape index (κ3) is 5.72. The highest BCUT2D eigenvalue weighted by Gasteiger charge is 2.17. The van der Waals surface area contributed by atoms with Crippen LogP contribution >= 0.6 is 0 Å². The lowest BCUT2D eigenvalue weighted by Gasteiger charge is -2.22. The molecule has 7 nitrogen and oxygen atoms in total. The van der Waals surface area contributed by atoms with Crippen LogP contribution in [0.1, 0.15) is 20.3 Å². The molecule has 0 aromatic heterocycles. The van der Waals surface area contributed by atoms with Crippen molar-refractivity contribution in [3.8, 4) is 0 Å². The first-order chi connectivity index (χ1) is 10.2. The van der Waals surface area contributed by atoms with E-state index in [-0.39, 0.29) is 24.9 Å². The van der Waals surface area contributed by atoms with Crippen LogP contribution in [0.4, 0.5) is 11.4 Å². The number of rotatable bonds is 7. The van der Waals surface area contributed by atoms with Crippen LogP contribution in [-0.2, 0) is 19.6 Å². The van der Waals surface area contributed by atoms with Crippen molar-refractivity contribution in [3.05, 3.63) is 24.3 Å². The van der Waals surface area contributed by atoms with Crippen molar-refractivity contribution >= 4 is 33.2 Å². The third-order valence-corrected chi connectivity index (χ3v) is 4.03. The van der Waals surface area contributed by atoms with Crippen LogP contribution in [0.15, 0.2) is 24.3 Å². The average molecular weight is 327 g/mol. The number of carbonyl (C=O) groups is 2. The van der Waals surface area contributed by atoms with Gasteiger partial charge in [-0.2, -0.15) is 0 Å². The van der Waals surface area contributed by atoms with Gasteiger partial charge in [0.1, 0.15) is 0 Å². The van der Waals surface area contributed by atoms with Crippen LogP contribution in [-0.4, -0.2) is 39.6 Å². The first-order valence-electron chi connectivity index (χ1n) is 6.86. The first kappa shape index (κ1) is 18.0. The van der Waals surface area contributed by atoms with E-state index in [9.17, 15) is 18.0 Å². The van der Waals surface area contributed by atoms with Gasteiger partial charge in [-0.3, -0.25) is 13.9 Å². The Bertz CT molecular complexity index is 626. The van der Waals surface area contributed by atoms with Crippen molar-refractivity contribution in [1.82, 2.24) is 5.32 Å². The highest BCUT2D eigenvalue weighted by Crippen LogP contribution is 2.20. The monoisotopic (exact) mass is 327 g/mol. The lowest BCUT2D eigenvalue weighted by Crippen LogP contribution is -2.38. The van der Waals surface area contributed by atoms with E-state index >= 15 is 0 Å². The Kier molecular flexibility index (Phi) is 6.36. The van der Waals surface area contributed by atoms with Crippen molar-refractivity contribution < 1.29 is 18.0 Å². The number of amides is 2. The smallest absolute Gasteiger partial charge is 0.232 e. The Balaban J connectivity index is 2.84. The second kappa shape index (κ2) is 7.79. The third-order valence-electron chi connectivity index (χ3n) is 2.83. The molecule has 2 N–H and O–H groups in total. The second-order valence-electron chi connectivity index (χ2n) is 4.77. The molecule has 8 heteroatoms. The summed E-state index contributed by atoms with van der Waals surface area (Å²) < 4.78 is 25.0. The predicted octanol–water partition coefficient (Wildman–Crippen LogP) is 0.937. The van der Waals surface area contributed by atoms with Gasteiger partial charge in [-0.05, 0) is 24.3 Å². The molecule has 0 atom stereocenters. The number of hydrogen-bond acceptors (Lipinski definition) is 4. The lowest BCUT2D eigenvalue weighted by molar-refractivity contribution is -0.120. The molecule has 2 amide bonds. The molecule has 1 rings (SSSR count). The molecule has 0 fully saturated rings. The van der Waals surface area contributed by atoms with E-state index in [0.717, 1.165) is 6.26 Å². The maximum atomic E-state index is 11.9. The minimum absolute atomic E-state index is 0.130. The summed E-state index contributed by atoms with van der Waals surface area (Å²) in [6, 6.07) is 6.46. The Morgan fingerprint density at radius 2 is 1.77 bits per heavy atom. The molecule has 0 spiro atoms. The molecule has 0 saturated heterocycles. The molecule has 122 valence electrons. The molecule has 0 heterocycles. The SMILES string of the molecule is CCC(=O)NCCN(c1ccc(NC(C)=O)cc1)S(C)(=O)=O. The van der Waals surface area contributed by atoms with E-state index in [2.05, 4.69) is 10.6 Å². The summed E-state index contributed by atoms with van der Waals surface area (Å²) in [6.45, 7) is 3.49. The molecule has 0 radical (unpaired) electrons. The Labute approximate surface area is 130 Å². The summed E-state index contributed by atoms with van der Waals surface area (Å²) in [7, 11) is -3.46. The highest BCUT2D eigenvalue weighted by molar-refractivity contribution is 7.92. The fourth-order valence-electron chi connectivity index (χ4n) is 1.82. The topological polar surface area (TPSA) is 95.6 Å². The van der Waals surface area contributed by atoms with Gasteiger partial charge in [0.2, 0.25) is 21.8 Å². The maximum absolute atomic E-state index is 11.9. The first-order valence-corrected chi connectivity index (χ1v) is 8.71. The van der Waals surface area contributed by atoms with Crippen LogP contribution in [0, 0.1) is 0 Å². The Hall–Kier alpha value is -2.09. The molecule has 22 heavy (non-hydrogen) atoms. The zero-order chi connectivity index (χ0) is 16.8. The van der Waals surface area contributed by atoms with Gasteiger partial charge in [0, 0.05) is 25.6 Å². The number of anilines is 2. The quantitative estimate of drug-likeness (QED) is 0.779. The zero-order valence-electron chi connectivity index (χ0n) is 12.9. The van der Waals surface area contributed by atoms with Crippen molar-refractivity contribution in [2.45, 2.75) is 20.3 Å². The van der Waals surface area contributed by atoms with E-state index in [1.165, 1.54) is 11.2 Å². The molecular formula is C14H21N3O4S. The maximum Gasteiger partial charge on any atom is 0.232 e. The van der Waals surface area contributed by atoms with Gasteiger partial charge in [0.25, 0.3) is 0 Å². The van der Waals surface area contributed by atoms with Crippen LogP contribution in [0.5, 0.6) is 0 Å². The van der Waals surface area contributed by atoms with Gasteiger partial charge in [-0.15, -0.1) is 0 Å². The summed E-state index contributed by atoms with van der Waals surface area (Å²) in [4.78, 5) is 22.2. The Morgan fingerprint density at radius 3 is 2.23 bits per heavy atom. The summed E-state index contributed by atoms with van der Waals surface area (Å²) in [5.74, 6) is -0.329. The van der Waals surface area contributed by atoms with Gasteiger partial charge in [-0.1, -0.05) is 6.92 Å². The molecule has 0 aliphatic heterocycles. The van der Waals surface area contributed by atoms with Crippen LogP contribution in [0.2, 0.25) is 0 Å². The van der Waals surface area contributed by atoms with Crippen LogP contribution < -0.4 is 14.9 Å². The molecular weight excluding hydrogens is 306 g/mol.